The summed E-state index contributed by atoms with van der Waals surface area (Å²) in [4.78, 5) is 0. The first-order chi connectivity index (χ1) is 7.77. The number of rotatable bonds is 3. The fourth-order valence-electron chi connectivity index (χ4n) is 1.50. The van der Waals surface area contributed by atoms with E-state index in [-0.39, 0.29) is 17.3 Å². The maximum Gasteiger partial charge on any atom is 0.199 e. The zero-order chi connectivity index (χ0) is 11.4. The number of nitrogen functional groups attached to an aromatic ring is 1. The Bertz CT molecular complexity index is 421. The quantitative estimate of drug-likeness (QED) is 0.385. The standard InChI is InChI=1S/C9H14N6O/c10-8(7-9(11)15-16-14-7)13-12-6-4-2-1-3-5-6/h4,12H,1-3,5H2,(H2,10,13)(H2,11,15). The summed E-state index contributed by atoms with van der Waals surface area (Å²) in [6.07, 6.45) is 6.58. The molecule has 1 aliphatic rings. The maximum atomic E-state index is 5.68. The van der Waals surface area contributed by atoms with Gasteiger partial charge in [-0.1, -0.05) is 6.08 Å². The number of hydrazone groups is 1. The minimum atomic E-state index is 0.140. The van der Waals surface area contributed by atoms with Crippen LogP contribution in [0.1, 0.15) is 31.4 Å². The normalized spacial score (nSPS) is 17.0. The molecule has 7 heteroatoms. The van der Waals surface area contributed by atoms with Crippen LogP contribution in [0, 0.1) is 0 Å². The van der Waals surface area contributed by atoms with Gasteiger partial charge in [0, 0.05) is 5.70 Å². The molecule has 86 valence electrons. The van der Waals surface area contributed by atoms with E-state index in [2.05, 4.69) is 31.5 Å². The highest BCUT2D eigenvalue weighted by molar-refractivity contribution is 5.98. The summed E-state index contributed by atoms with van der Waals surface area (Å²) in [6, 6.07) is 0. The maximum absolute atomic E-state index is 5.68. The summed E-state index contributed by atoms with van der Waals surface area (Å²) in [5, 5.41) is 11.0. The van der Waals surface area contributed by atoms with Crippen molar-refractivity contribution in [3.8, 4) is 0 Å². The molecule has 1 heterocycles. The van der Waals surface area contributed by atoms with Gasteiger partial charge in [0.2, 0.25) is 0 Å². The van der Waals surface area contributed by atoms with E-state index in [1.165, 1.54) is 12.8 Å². The molecule has 7 nitrogen and oxygen atoms in total. The van der Waals surface area contributed by atoms with Gasteiger partial charge in [-0.05, 0) is 36.0 Å². The molecular weight excluding hydrogens is 208 g/mol. The summed E-state index contributed by atoms with van der Waals surface area (Å²) < 4.78 is 4.43. The Morgan fingerprint density at radius 3 is 2.94 bits per heavy atom. The predicted octanol–water partition coefficient (Wildman–Crippen LogP) is 0.320. The third-order valence-electron chi connectivity index (χ3n) is 2.37. The molecule has 0 radical (unpaired) electrons. The lowest BCUT2D eigenvalue weighted by molar-refractivity contribution is 0.308. The molecule has 0 atom stereocenters. The number of nitrogens with one attached hydrogen (secondary N) is 1. The van der Waals surface area contributed by atoms with Gasteiger partial charge in [0.25, 0.3) is 0 Å². The van der Waals surface area contributed by atoms with Crippen molar-refractivity contribution in [2.24, 2.45) is 10.8 Å². The Hall–Kier alpha value is -2.05. The number of hydrogen-bond acceptors (Lipinski definition) is 6. The minimum absolute atomic E-state index is 0.140. The topological polar surface area (TPSA) is 115 Å². The van der Waals surface area contributed by atoms with Gasteiger partial charge in [0.1, 0.15) is 0 Å². The first kappa shape index (κ1) is 10.5. The summed E-state index contributed by atoms with van der Waals surface area (Å²) in [5.74, 6) is 0.311. The molecule has 0 fully saturated rings. The molecule has 16 heavy (non-hydrogen) atoms. The summed E-state index contributed by atoms with van der Waals surface area (Å²) >= 11 is 0. The van der Waals surface area contributed by atoms with Gasteiger partial charge in [-0.2, -0.15) is 5.10 Å². The lowest BCUT2D eigenvalue weighted by atomic mass is 10.1. The molecule has 1 aliphatic carbocycles. The van der Waals surface area contributed by atoms with Crippen molar-refractivity contribution in [2.75, 3.05) is 5.73 Å². The van der Waals surface area contributed by atoms with E-state index in [9.17, 15) is 0 Å². The zero-order valence-electron chi connectivity index (χ0n) is 8.81. The van der Waals surface area contributed by atoms with E-state index >= 15 is 0 Å². The Kier molecular flexibility index (Phi) is 3.04. The molecule has 0 aliphatic heterocycles. The van der Waals surface area contributed by atoms with Crippen LogP contribution in [0.15, 0.2) is 21.5 Å². The largest absolute Gasteiger partial charge is 0.380 e. The molecule has 0 unspecified atom stereocenters. The number of allylic oxidation sites excluding steroid dienone is 2. The van der Waals surface area contributed by atoms with Gasteiger partial charge >= 0.3 is 0 Å². The first-order valence-electron chi connectivity index (χ1n) is 5.14. The SMILES string of the molecule is NC(=NNC1=CCCCC1)c1nonc1N. The Balaban J connectivity index is 2.02. The number of amidine groups is 1. The predicted molar refractivity (Wildman–Crippen MR) is 59.1 cm³/mol. The molecule has 0 saturated carbocycles. The molecule has 0 amide bonds. The molecule has 5 N–H and O–H groups in total. The Morgan fingerprint density at radius 1 is 1.44 bits per heavy atom. The van der Waals surface area contributed by atoms with E-state index in [1.807, 2.05) is 0 Å². The van der Waals surface area contributed by atoms with Crippen LogP contribution in [-0.2, 0) is 0 Å². The van der Waals surface area contributed by atoms with Crippen LogP contribution in [0.3, 0.4) is 0 Å². The lowest BCUT2D eigenvalue weighted by Crippen LogP contribution is -2.21. The van der Waals surface area contributed by atoms with Gasteiger partial charge in [-0.25, -0.2) is 4.63 Å². The second kappa shape index (κ2) is 4.65. The average Bonchev–Trinajstić information content (AvgIpc) is 2.74. The van der Waals surface area contributed by atoms with Crippen LogP contribution in [0.25, 0.3) is 0 Å². The molecular formula is C9H14N6O. The smallest absolute Gasteiger partial charge is 0.199 e. The third-order valence-corrected chi connectivity index (χ3v) is 2.37. The second-order valence-corrected chi connectivity index (χ2v) is 3.58. The Morgan fingerprint density at radius 2 is 2.31 bits per heavy atom. The van der Waals surface area contributed by atoms with E-state index in [0.717, 1.165) is 18.5 Å². The number of nitrogens with zero attached hydrogens (tertiary/aromatic N) is 3. The van der Waals surface area contributed by atoms with Crippen LogP contribution in [0.5, 0.6) is 0 Å². The average molecular weight is 222 g/mol. The lowest BCUT2D eigenvalue weighted by Gasteiger charge is -2.11. The molecule has 0 saturated heterocycles. The highest BCUT2D eigenvalue weighted by Gasteiger charge is 2.10. The number of aromatic nitrogens is 2. The Labute approximate surface area is 92.5 Å². The van der Waals surface area contributed by atoms with E-state index < -0.39 is 0 Å². The summed E-state index contributed by atoms with van der Waals surface area (Å²) in [7, 11) is 0. The monoisotopic (exact) mass is 222 g/mol. The molecule has 1 aromatic rings. The van der Waals surface area contributed by atoms with Gasteiger partial charge in [-0.3, -0.25) is 5.43 Å². The van der Waals surface area contributed by atoms with Gasteiger partial charge in [0.15, 0.2) is 17.3 Å². The van der Waals surface area contributed by atoms with Gasteiger partial charge in [0.05, 0.1) is 0 Å². The van der Waals surface area contributed by atoms with Crippen molar-refractivity contribution in [3.05, 3.63) is 17.5 Å². The number of anilines is 1. The fraction of sp³-hybridized carbons (Fsp3) is 0.444. The minimum Gasteiger partial charge on any atom is -0.380 e. The van der Waals surface area contributed by atoms with Crippen LogP contribution >= 0.6 is 0 Å². The second-order valence-electron chi connectivity index (χ2n) is 3.58. The van der Waals surface area contributed by atoms with E-state index in [1.54, 1.807) is 0 Å². The fourth-order valence-corrected chi connectivity index (χ4v) is 1.50. The zero-order valence-corrected chi connectivity index (χ0v) is 8.81. The van der Waals surface area contributed by atoms with Gasteiger partial charge < -0.3 is 11.5 Å². The van der Waals surface area contributed by atoms with Crippen LogP contribution < -0.4 is 16.9 Å². The molecule has 0 aromatic carbocycles. The van der Waals surface area contributed by atoms with Crippen molar-refractivity contribution >= 4 is 11.7 Å². The highest BCUT2D eigenvalue weighted by atomic mass is 16.6. The van der Waals surface area contributed by atoms with Crippen molar-refractivity contribution in [1.29, 1.82) is 0 Å². The summed E-state index contributed by atoms with van der Waals surface area (Å²) in [6.45, 7) is 0. The van der Waals surface area contributed by atoms with Crippen molar-refractivity contribution in [3.63, 3.8) is 0 Å². The van der Waals surface area contributed by atoms with Crippen LogP contribution in [0.2, 0.25) is 0 Å². The van der Waals surface area contributed by atoms with Crippen molar-refractivity contribution in [2.45, 2.75) is 25.7 Å². The molecule has 0 spiro atoms. The number of nitrogens with two attached hydrogens (primary N) is 2. The van der Waals surface area contributed by atoms with E-state index in [0.29, 0.717) is 0 Å². The highest BCUT2D eigenvalue weighted by Crippen LogP contribution is 2.14. The van der Waals surface area contributed by atoms with Crippen LogP contribution in [-0.4, -0.2) is 16.1 Å². The van der Waals surface area contributed by atoms with Crippen molar-refractivity contribution < 1.29 is 4.63 Å². The third kappa shape index (κ3) is 2.30. The molecule has 1 aromatic heterocycles. The van der Waals surface area contributed by atoms with Gasteiger partial charge in [-0.15, -0.1) is 0 Å². The number of hydrogen-bond donors (Lipinski definition) is 3. The van der Waals surface area contributed by atoms with Crippen molar-refractivity contribution in [1.82, 2.24) is 15.7 Å². The molecule has 2 rings (SSSR count). The van der Waals surface area contributed by atoms with Crippen LogP contribution in [0.4, 0.5) is 5.82 Å². The summed E-state index contributed by atoms with van der Waals surface area (Å²) in [5.41, 5.74) is 15.4. The molecule has 0 bridgehead atoms. The first-order valence-corrected chi connectivity index (χ1v) is 5.14. The van der Waals surface area contributed by atoms with E-state index in [4.69, 9.17) is 11.5 Å².